The van der Waals surface area contributed by atoms with Gasteiger partial charge in [-0.05, 0) is 6.07 Å². The molecule has 2 rings (SSSR count). The standard InChI is InChI=1S/C9H5ClO5/c10-4-1-5(7(11)9(12)13)8-6(2-4)14-3-15-8/h1-2H,3H2,(H,12,13). The normalized spacial score (nSPS) is 12.6. The van der Waals surface area contributed by atoms with Crippen LogP contribution in [0, 0.1) is 0 Å². The Labute approximate surface area is 89.2 Å². The lowest BCUT2D eigenvalue weighted by molar-refractivity contribution is -0.131. The van der Waals surface area contributed by atoms with Crippen molar-refractivity contribution in [3.05, 3.63) is 22.7 Å². The summed E-state index contributed by atoms with van der Waals surface area (Å²) in [4.78, 5) is 21.8. The Balaban J connectivity index is 2.56. The molecule has 0 atom stereocenters. The predicted octanol–water partition coefficient (Wildman–Crippen LogP) is 1.34. The van der Waals surface area contributed by atoms with Gasteiger partial charge in [0, 0.05) is 11.1 Å². The van der Waals surface area contributed by atoms with E-state index in [1.165, 1.54) is 12.1 Å². The molecule has 0 unspecified atom stereocenters. The zero-order valence-electron chi connectivity index (χ0n) is 7.32. The quantitative estimate of drug-likeness (QED) is 0.611. The highest BCUT2D eigenvalue weighted by Gasteiger charge is 2.26. The van der Waals surface area contributed by atoms with Crippen molar-refractivity contribution in [2.75, 3.05) is 6.79 Å². The van der Waals surface area contributed by atoms with E-state index >= 15 is 0 Å². The lowest BCUT2D eigenvalue weighted by Crippen LogP contribution is -2.13. The number of ketones is 1. The molecule has 0 aromatic heterocycles. The van der Waals surface area contributed by atoms with Crippen LogP contribution >= 0.6 is 11.6 Å². The Morgan fingerprint density at radius 2 is 2.07 bits per heavy atom. The number of benzene rings is 1. The fourth-order valence-corrected chi connectivity index (χ4v) is 1.47. The first-order valence-corrected chi connectivity index (χ1v) is 4.34. The molecule has 1 aromatic carbocycles. The summed E-state index contributed by atoms with van der Waals surface area (Å²) >= 11 is 5.70. The number of rotatable bonds is 2. The molecular weight excluding hydrogens is 224 g/mol. The highest BCUT2D eigenvalue weighted by molar-refractivity contribution is 6.41. The third kappa shape index (κ3) is 1.61. The van der Waals surface area contributed by atoms with Crippen molar-refractivity contribution in [2.24, 2.45) is 0 Å². The molecule has 15 heavy (non-hydrogen) atoms. The van der Waals surface area contributed by atoms with Gasteiger partial charge in [0.15, 0.2) is 11.5 Å². The van der Waals surface area contributed by atoms with Crippen LogP contribution < -0.4 is 9.47 Å². The number of ether oxygens (including phenoxy) is 2. The van der Waals surface area contributed by atoms with Gasteiger partial charge < -0.3 is 14.6 Å². The first-order chi connectivity index (χ1) is 7.09. The molecule has 0 bridgehead atoms. The molecule has 0 aliphatic carbocycles. The van der Waals surface area contributed by atoms with Crippen LogP contribution in [0.5, 0.6) is 11.5 Å². The monoisotopic (exact) mass is 228 g/mol. The molecule has 1 heterocycles. The maximum atomic E-state index is 11.3. The van der Waals surface area contributed by atoms with Crippen molar-refractivity contribution in [1.82, 2.24) is 0 Å². The Hall–Kier alpha value is -1.75. The van der Waals surface area contributed by atoms with E-state index in [9.17, 15) is 9.59 Å². The third-order valence-corrected chi connectivity index (χ3v) is 2.09. The van der Waals surface area contributed by atoms with E-state index < -0.39 is 11.8 Å². The summed E-state index contributed by atoms with van der Waals surface area (Å²) in [5, 5.41) is 8.79. The first-order valence-electron chi connectivity index (χ1n) is 3.96. The van der Waals surface area contributed by atoms with Gasteiger partial charge in [0.25, 0.3) is 5.78 Å². The van der Waals surface area contributed by atoms with Crippen LogP contribution in [0.1, 0.15) is 10.4 Å². The Morgan fingerprint density at radius 3 is 2.73 bits per heavy atom. The summed E-state index contributed by atoms with van der Waals surface area (Å²) in [6, 6.07) is 2.70. The van der Waals surface area contributed by atoms with Gasteiger partial charge in [-0.3, -0.25) is 4.79 Å². The predicted molar refractivity (Wildman–Crippen MR) is 49.5 cm³/mol. The van der Waals surface area contributed by atoms with Crippen LogP contribution in [0.3, 0.4) is 0 Å². The molecule has 1 aromatic rings. The molecule has 1 aliphatic heterocycles. The van der Waals surface area contributed by atoms with E-state index in [0.717, 1.165) is 0 Å². The largest absolute Gasteiger partial charge is 0.475 e. The van der Waals surface area contributed by atoms with Crippen LogP contribution in [0.4, 0.5) is 0 Å². The zero-order valence-corrected chi connectivity index (χ0v) is 8.08. The van der Waals surface area contributed by atoms with Crippen LogP contribution in [-0.4, -0.2) is 23.7 Å². The number of carbonyl (C=O) groups is 2. The number of hydrogen-bond donors (Lipinski definition) is 1. The molecule has 0 saturated heterocycles. The van der Waals surface area contributed by atoms with Crippen molar-refractivity contribution in [1.29, 1.82) is 0 Å². The molecule has 1 N–H and O–H groups in total. The number of halogens is 1. The van der Waals surface area contributed by atoms with Crippen molar-refractivity contribution in [2.45, 2.75) is 0 Å². The topological polar surface area (TPSA) is 72.8 Å². The van der Waals surface area contributed by atoms with Crippen molar-refractivity contribution < 1.29 is 24.2 Å². The second-order valence-electron chi connectivity index (χ2n) is 2.82. The molecule has 0 saturated carbocycles. The molecule has 0 amide bonds. The maximum Gasteiger partial charge on any atom is 0.377 e. The molecule has 78 valence electrons. The number of fused-ring (bicyclic) bond motifs is 1. The highest BCUT2D eigenvalue weighted by atomic mass is 35.5. The average Bonchev–Trinajstić information content (AvgIpc) is 2.62. The Bertz CT molecular complexity index is 454. The number of carboxylic acids is 1. The van der Waals surface area contributed by atoms with Crippen LogP contribution in [-0.2, 0) is 4.79 Å². The van der Waals surface area contributed by atoms with Crippen LogP contribution in [0.2, 0.25) is 5.02 Å². The SMILES string of the molecule is O=C(O)C(=O)c1cc(Cl)cc2c1OCO2. The molecule has 0 radical (unpaired) electrons. The zero-order chi connectivity index (χ0) is 11.0. The van der Waals surface area contributed by atoms with Gasteiger partial charge in [-0.1, -0.05) is 11.6 Å². The Kier molecular flexibility index (Phi) is 2.24. The lowest BCUT2D eigenvalue weighted by atomic mass is 10.1. The fourth-order valence-electron chi connectivity index (χ4n) is 1.26. The van der Waals surface area contributed by atoms with Gasteiger partial charge in [-0.2, -0.15) is 0 Å². The molecule has 5 nitrogen and oxygen atoms in total. The highest BCUT2D eigenvalue weighted by Crippen LogP contribution is 2.38. The van der Waals surface area contributed by atoms with Gasteiger partial charge in [-0.15, -0.1) is 0 Å². The summed E-state index contributed by atoms with van der Waals surface area (Å²) in [5.74, 6) is -2.21. The minimum atomic E-state index is -1.56. The number of aliphatic carboxylic acids is 1. The van der Waals surface area contributed by atoms with Crippen molar-refractivity contribution >= 4 is 23.4 Å². The van der Waals surface area contributed by atoms with E-state index in [-0.39, 0.29) is 28.9 Å². The van der Waals surface area contributed by atoms with Crippen molar-refractivity contribution in [3.8, 4) is 11.5 Å². The Morgan fingerprint density at radius 1 is 1.33 bits per heavy atom. The minimum absolute atomic E-state index is 0.0461. The fraction of sp³-hybridized carbons (Fsp3) is 0.111. The van der Waals surface area contributed by atoms with E-state index in [2.05, 4.69) is 0 Å². The molecule has 1 aliphatic rings. The van der Waals surface area contributed by atoms with E-state index in [1.807, 2.05) is 0 Å². The second-order valence-corrected chi connectivity index (χ2v) is 3.26. The van der Waals surface area contributed by atoms with Crippen LogP contribution in [0.25, 0.3) is 0 Å². The molecular formula is C9H5ClO5. The van der Waals surface area contributed by atoms with E-state index in [4.69, 9.17) is 26.2 Å². The van der Waals surface area contributed by atoms with Crippen molar-refractivity contribution in [3.63, 3.8) is 0 Å². The smallest absolute Gasteiger partial charge is 0.377 e. The molecule has 0 fully saturated rings. The second kappa shape index (κ2) is 3.43. The summed E-state index contributed by atoms with van der Waals surface area (Å²) in [6.07, 6.45) is 0. The van der Waals surface area contributed by atoms with Gasteiger partial charge in [0.1, 0.15) is 0 Å². The first kappa shape index (κ1) is 9.79. The summed E-state index contributed by atoms with van der Waals surface area (Å²) < 4.78 is 9.99. The number of carbonyl (C=O) groups excluding carboxylic acids is 1. The molecule has 6 heteroatoms. The summed E-state index contributed by atoms with van der Waals surface area (Å²) in [7, 11) is 0. The lowest BCUT2D eigenvalue weighted by Gasteiger charge is -2.02. The van der Waals surface area contributed by atoms with Crippen LogP contribution in [0.15, 0.2) is 12.1 Å². The molecule has 0 spiro atoms. The van der Waals surface area contributed by atoms with E-state index in [0.29, 0.717) is 0 Å². The number of hydrogen-bond acceptors (Lipinski definition) is 4. The van der Waals surface area contributed by atoms with Gasteiger partial charge in [-0.25, -0.2) is 4.79 Å². The number of Topliss-reactive ketones (excluding diaryl/α,β-unsaturated/α-hetero) is 1. The van der Waals surface area contributed by atoms with E-state index in [1.54, 1.807) is 0 Å². The number of carboxylic acid groups (broad SMARTS) is 1. The average molecular weight is 229 g/mol. The summed E-state index contributed by atoms with van der Waals surface area (Å²) in [6.45, 7) is -0.0461. The maximum absolute atomic E-state index is 11.3. The van der Waals surface area contributed by atoms with Gasteiger partial charge in [0.05, 0.1) is 5.56 Å². The van der Waals surface area contributed by atoms with Gasteiger partial charge in [0.2, 0.25) is 6.79 Å². The third-order valence-electron chi connectivity index (χ3n) is 1.88. The minimum Gasteiger partial charge on any atom is -0.475 e. The summed E-state index contributed by atoms with van der Waals surface area (Å²) in [5.41, 5.74) is -0.0949. The van der Waals surface area contributed by atoms with Gasteiger partial charge >= 0.3 is 5.97 Å².